The molecule has 1 aliphatic carbocycles. The minimum absolute atomic E-state index is 0.0854. The quantitative estimate of drug-likeness (QED) is 0.235. The summed E-state index contributed by atoms with van der Waals surface area (Å²) < 4.78 is 143. The predicted molar refractivity (Wildman–Crippen MR) is 144 cm³/mol. The van der Waals surface area contributed by atoms with Gasteiger partial charge in [0.2, 0.25) is 11.8 Å². The number of ether oxygens (including phenoxy) is 1. The largest absolute Gasteiger partial charge is 0.416 e. The molecule has 2 aliphatic rings. The van der Waals surface area contributed by atoms with Crippen molar-refractivity contribution >= 4 is 27.7 Å². The maximum atomic E-state index is 14.2. The number of methoxy groups -OCH3 is 1. The zero-order valence-electron chi connectivity index (χ0n) is 23.8. The van der Waals surface area contributed by atoms with E-state index in [2.05, 4.69) is 10.3 Å². The molecule has 1 unspecified atom stereocenters. The number of pyridine rings is 1. The molecular weight excluding hydrogens is 664 g/mol. The van der Waals surface area contributed by atoms with Crippen molar-refractivity contribution in [2.24, 2.45) is 0 Å². The molecule has 1 aliphatic heterocycles. The fourth-order valence-electron chi connectivity index (χ4n) is 5.49. The average Bonchev–Trinajstić information content (AvgIpc) is 3.39. The second-order valence-corrected chi connectivity index (χ2v) is 13.4. The van der Waals surface area contributed by atoms with Crippen LogP contribution in [0, 0.1) is 11.5 Å². The van der Waals surface area contributed by atoms with Gasteiger partial charge >= 0.3 is 16.4 Å². The van der Waals surface area contributed by atoms with Crippen LogP contribution in [0.2, 0.25) is 0 Å². The highest BCUT2D eigenvalue weighted by molar-refractivity contribution is 8.45. The van der Waals surface area contributed by atoms with Crippen LogP contribution < -0.4 is 10.2 Å². The smallest absolute Gasteiger partial charge is 0.379 e. The third-order valence-electron chi connectivity index (χ3n) is 7.83. The van der Waals surface area contributed by atoms with Gasteiger partial charge in [-0.3, -0.25) is 24.4 Å². The van der Waals surface area contributed by atoms with Crippen LogP contribution in [0.5, 0.6) is 0 Å². The number of anilines is 1. The molecule has 2 fully saturated rings. The van der Waals surface area contributed by atoms with Crippen molar-refractivity contribution in [2.75, 3.05) is 18.6 Å². The van der Waals surface area contributed by atoms with Crippen molar-refractivity contribution in [3.63, 3.8) is 0 Å². The first-order valence-electron chi connectivity index (χ1n) is 13.6. The molecule has 46 heavy (non-hydrogen) atoms. The maximum absolute atomic E-state index is 14.2. The second kappa shape index (κ2) is 11.5. The number of nitrogens with zero attached hydrogens (tertiary/aromatic N) is 4. The third kappa shape index (κ3) is 7.77. The lowest BCUT2D eigenvalue weighted by Crippen LogP contribution is -2.52. The SMILES string of the molecule is CO[C@@H]1C[C@H](C(=O)N(c2ccc(S(F)(F)(F)(F)F)cc2)C(C(=O)NC2CCC(F)(F)CC2)c2cnccc2C(F)(F)F)N(C#N)C1. The maximum Gasteiger partial charge on any atom is 0.416 e. The van der Waals surface area contributed by atoms with E-state index in [1.807, 2.05) is 0 Å². The highest BCUT2D eigenvalue weighted by atomic mass is 32.5. The zero-order valence-corrected chi connectivity index (χ0v) is 24.6. The first kappa shape index (κ1) is 35.1. The Morgan fingerprint density at radius 2 is 1.72 bits per heavy atom. The summed E-state index contributed by atoms with van der Waals surface area (Å²) in [5.74, 6) is -5.65. The first-order chi connectivity index (χ1) is 21.0. The van der Waals surface area contributed by atoms with Gasteiger partial charge in [0.05, 0.1) is 18.2 Å². The number of carbonyl (C=O) groups excluding carboxylic acids is 2. The number of rotatable bonds is 8. The van der Waals surface area contributed by atoms with Crippen LogP contribution in [-0.2, 0) is 20.5 Å². The van der Waals surface area contributed by atoms with E-state index in [-0.39, 0.29) is 37.9 Å². The molecule has 4 rings (SSSR count). The number of likely N-dealkylation sites (tertiary alicyclic amines) is 1. The molecule has 2 heterocycles. The van der Waals surface area contributed by atoms with Gasteiger partial charge in [-0.25, -0.2) is 8.78 Å². The minimum atomic E-state index is -10.3. The summed E-state index contributed by atoms with van der Waals surface area (Å²) in [7, 11) is -9.01. The molecule has 254 valence electrons. The van der Waals surface area contributed by atoms with Crippen LogP contribution in [0.25, 0.3) is 0 Å². The fraction of sp³-hybridized carbons (Fsp3) is 0.481. The molecule has 1 saturated carbocycles. The number of carbonyl (C=O) groups is 2. The zero-order chi connectivity index (χ0) is 34.4. The Kier molecular flexibility index (Phi) is 8.75. The van der Waals surface area contributed by atoms with Gasteiger partial charge in [0.25, 0.3) is 5.91 Å². The van der Waals surface area contributed by atoms with Crippen LogP contribution in [0.4, 0.5) is 47.1 Å². The monoisotopic (exact) mass is 691 g/mol. The molecule has 1 saturated heterocycles. The van der Waals surface area contributed by atoms with Crippen molar-refractivity contribution in [1.29, 1.82) is 5.26 Å². The summed E-state index contributed by atoms with van der Waals surface area (Å²) in [6.45, 7) is -0.172. The van der Waals surface area contributed by atoms with E-state index in [1.54, 1.807) is 6.19 Å². The molecule has 3 atom stereocenters. The molecule has 1 aromatic heterocycles. The van der Waals surface area contributed by atoms with Gasteiger partial charge in [-0.05, 0) is 43.2 Å². The number of benzene rings is 1. The highest BCUT2D eigenvalue weighted by Crippen LogP contribution is 3.02. The number of halogens is 10. The van der Waals surface area contributed by atoms with E-state index in [4.69, 9.17) is 4.74 Å². The topological polar surface area (TPSA) is 98.6 Å². The summed E-state index contributed by atoms with van der Waals surface area (Å²) in [4.78, 5) is 30.6. The standard InChI is InChI=1S/C27H27F10N5O3S/c1-45-18-12-22(41(14-18)15-38)25(44)42(17-2-4-19(5-3-17)46(33,34,35,36)37)23(20-13-39-11-8-21(20)27(30,31)32)24(43)40-16-6-9-26(28,29)10-7-16/h2-5,8,11,13,16,18,22-23H,6-7,9-10,12,14H2,1H3,(H,40,43)/t18-,22-,23?/m1/s1. The van der Waals surface area contributed by atoms with Crippen LogP contribution in [0.3, 0.4) is 0 Å². The molecule has 0 spiro atoms. The number of alkyl halides is 5. The number of amides is 2. The lowest BCUT2D eigenvalue weighted by Gasteiger charge is -2.41. The fourth-order valence-corrected chi connectivity index (χ4v) is 6.14. The summed E-state index contributed by atoms with van der Waals surface area (Å²) in [6, 6.07) is -3.79. The van der Waals surface area contributed by atoms with Gasteiger partial charge < -0.3 is 10.1 Å². The Morgan fingerprint density at radius 3 is 2.24 bits per heavy atom. The molecule has 8 nitrogen and oxygen atoms in total. The molecule has 0 radical (unpaired) electrons. The number of nitriles is 1. The van der Waals surface area contributed by atoms with Gasteiger partial charge in [0.1, 0.15) is 17.0 Å². The van der Waals surface area contributed by atoms with Crippen molar-refractivity contribution in [3.05, 3.63) is 53.9 Å². The number of aromatic nitrogens is 1. The van der Waals surface area contributed by atoms with Gasteiger partial charge in [0, 0.05) is 56.1 Å². The Morgan fingerprint density at radius 1 is 1.11 bits per heavy atom. The summed E-state index contributed by atoms with van der Waals surface area (Å²) in [5.41, 5.74) is -3.14. The summed E-state index contributed by atoms with van der Waals surface area (Å²) >= 11 is 0. The lowest BCUT2D eigenvalue weighted by atomic mass is 9.91. The molecule has 1 aromatic carbocycles. The second-order valence-electron chi connectivity index (χ2n) is 11.0. The van der Waals surface area contributed by atoms with E-state index >= 15 is 0 Å². The van der Waals surface area contributed by atoms with E-state index in [0.29, 0.717) is 29.3 Å². The van der Waals surface area contributed by atoms with Gasteiger partial charge in [-0.15, -0.1) is 0 Å². The van der Waals surface area contributed by atoms with E-state index < -0.39 is 92.9 Å². The van der Waals surface area contributed by atoms with Crippen LogP contribution in [0.1, 0.15) is 49.3 Å². The Hall–Kier alpha value is -3.79. The van der Waals surface area contributed by atoms with Crippen LogP contribution >= 0.6 is 10.2 Å². The van der Waals surface area contributed by atoms with Crippen LogP contribution in [-0.4, -0.2) is 59.5 Å². The number of nitrogens with one attached hydrogen (secondary N) is 1. The molecule has 0 bridgehead atoms. The van der Waals surface area contributed by atoms with E-state index in [0.717, 1.165) is 11.1 Å². The lowest BCUT2D eigenvalue weighted by molar-refractivity contribution is -0.139. The van der Waals surface area contributed by atoms with Crippen molar-refractivity contribution < 1.29 is 55.7 Å². The van der Waals surface area contributed by atoms with Gasteiger partial charge in [-0.2, -0.15) is 18.4 Å². The van der Waals surface area contributed by atoms with E-state index in [1.165, 1.54) is 7.11 Å². The van der Waals surface area contributed by atoms with Crippen molar-refractivity contribution in [2.45, 2.75) is 73.3 Å². The van der Waals surface area contributed by atoms with Gasteiger partial charge in [0.15, 0.2) is 6.19 Å². The molecule has 19 heteroatoms. The third-order valence-corrected chi connectivity index (χ3v) is 8.99. The van der Waals surface area contributed by atoms with Crippen molar-refractivity contribution in [3.8, 4) is 6.19 Å². The van der Waals surface area contributed by atoms with Gasteiger partial charge in [-0.1, -0.05) is 19.4 Å². The first-order valence-corrected chi connectivity index (χ1v) is 15.6. The Labute approximate surface area is 256 Å². The predicted octanol–water partition coefficient (Wildman–Crippen LogP) is 7.10. The van der Waals surface area contributed by atoms with E-state index in [9.17, 15) is 56.2 Å². The molecular formula is C27H27F10N5O3S. The minimum Gasteiger partial charge on any atom is -0.379 e. The van der Waals surface area contributed by atoms with Crippen LogP contribution in [0.15, 0.2) is 47.6 Å². The molecule has 2 amide bonds. The summed E-state index contributed by atoms with van der Waals surface area (Å²) in [5, 5.41) is 12.0. The Bertz CT molecular complexity index is 1510. The summed E-state index contributed by atoms with van der Waals surface area (Å²) in [6.07, 6.45) is -5.04. The molecule has 1 N–H and O–H groups in total. The highest BCUT2D eigenvalue weighted by Gasteiger charge is 2.65. The number of hydrogen-bond acceptors (Lipinski definition) is 6. The normalized spacial score (nSPS) is 22.7. The average molecular weight is 692 g/mol. The Balaban J connectivity index is 1.91. The molecule has 2 aromatic rings. The van der Waals surface area contributed by atoms with Crippen molar-refractivity contribution in [1.82, 2.24) is 15.2 Å². The number of hydrogen-bond donors (Lipinski definition) is 1.